The van der Waals surface area contributed by atoms with Crippen molar-refractivity contribution in [1.29, 1.82) is 0 Å². The van der Waals surface area contributed by atoms with Gasteiger partial charge in [-0.3, -0.25) is 0 Å². The summed E-state index contributed by atoms with van der Waals surface area (Å²) in [6.45, 7) is 11.2. The summed E-state index contributed by atoms with van der Waals surface area (Å²) in [6.07, 6.45) is 0.553. The van der Waals surface area contributed by atoms with Gasteiger partial charge in [0.25, 0.3) is 0 Å². The third-order valence-corrected chi connectivity index (χ3v) is 2.35. The number of esters is 1. The van der Waals surface area contributed by atoms with Gasteiger partial charge in [0.15, 0.2) is 0 Å². The average molecular weight is 231 g/mol. The highest BCUT2D eigenvalue weighted by atomic mass is 16.5. The summed E-state index contributed by atoms with van der Waals surface area (Å²) in [4.78, 5) is 15.0. The summed E-state index contributed by atoms with van der Waals surface area (Å²) >= 11 is 0. The van der Waals surface area contributed by atoms with Crippen molar-refractivity contribution in [3.05, 3.63) is 47.3 Å². The second kappa shape index (κ2) is 6.70. The first-order valence-corrected chi connectivity index (χ1v) is 5.70. The quantitative estimate of drug-likeness (QED) is 0.576. The lowest BCUT2D eigenvalue weighted by Gasteiger charge is -2.08. The fourth-order valence-electron chi connectivity index (χ4n) is 1.47. The molecule has 0 bridgehead atoms. The van der Waals surface area contributed by atoms with E-state index in [0.717, 1.165) is 5.56 Å². The van der Waals surface area contributed by atoms with Crippen LogP contribution in [0.3, 0.4) is 0 Å². The molecule has 0 heterocycles. The summed E-state index contributed by atoms with van der Waals surface area (Å²) in [5.74, 6) is -0.101. The molecule has 0 fully saturated rings. The standard InChI is InChI=1S/C14H17NO2/c1-11(2)9-13(15-3)14(16)17-10-12-7-5-4-6-8-12/h4-8,11,13H,9-10H2,1-2H3. The number of nitrogens with zero attached hydrogens (tertiary/aromatic N) is 1. The number of carbonyl (C=O) groups excluding carboxylic acids is 1. The number of carbonyl (C=O) groups is 1. The number of ether oxygens (including phenoxy) is 1. The van der Waals surface area contributed by atoms with Crippen LogP contribution in [0.1, 0.15) is 25.8 Å². The minimum atomic E-state index is -0.668. The summed E-state index contributed by atoms with van der Waals surface area (Å²) in [6, 6.07) is 8.81. The van der Waals surface area contributed by atoms with E-state index in [0.29, 0.717) is 12.3 Å². The predicted molar refractivity (Wildman–Crippen MR) is 66.1 cm³/mol. The smallest absolute Gasteiger partial charge is 0.390 e. The predicted octanol–water partition coefficient (Wildman–Crippen LogP) is 3.06. The van der Waals surface area contributed by atoms with Gasteiger partial charge in [0.2, 0.25) is 0 Å². The topological polar surface area (TPSA) is 30.7 Å². The molecule has 0 aliphatic heterocycles. The molecule has 0 amide bonds. The molecule has 0 saturated carbocycles. The van der Waals surface area contributed by atoms with Crippen LogP contribution in [0.15, 0.2) is 30.3 Å². The van der Waals surface area contributed by atoms with Crippen molar-refractivity contribution in [2.45, 2.75) is 32.9 Å². The minimum absolute atomic E-state index is 0.240. The van der Waals surface area contributed by atoms with Crippen LogP contribution in [0.2, 0.25) is 0 Å². The Bertz CT molecular complexity index is 392. The summed E-state index contributed by atoms with van der Waals surface area (Å²) in [5.41, 5.74) is 0.939. The van der Waals surface area contributed by atoms with Crippen LogP contribution in [0.4, 0.5) is 0 Å². The maximum absolute atomic E-state index is 11.6. The largest absolute Gasteiger partial charge is 0.455 e. The summed E-state index contributed by atoms with van der Waals surface area (Å²) in [7, 11) is 0. The van der Waals surface area contributed by atoms with Gasteiger partial charge in [-0.25, -0.2) is 11.4 Å². The third kappa shape index (κ3) is 4.69. The number of rotatable bonds is 5. The highest BCUT2D eigenvalue weighted by molar-refractivity contribution is 5.77. The van der Waals surface area contributed by atoms with Crippen LogP contribution < -0.4 is 0 Å². The molecule has 0 aliphatic carbocycles. The lowest BCUT2D eigenvalue weighted by atomic mass is 10.0. The van der Waals surface area contributed by atoms with Crippen LogP contribution in [0, 0.1) is 12.5 Å². The van der Waals surface area contributed by atoms with Gasteiger partial charge in [-0.2, -0.15) is 0 Å². The molecule has 0 aliphatic rings. The molecule has 0 N–H and O–H groups in total. The van der Waals surface area contributed by atoms with Gasteiger partial charge >= 0.3 is 12.0 Å². The van der Waals surface area contributed by atoms with E-state index in [1.165, 1.54) is 0 Å². The molecule has 1 unspecified atom stereocenters. The number of benzene rings is 1. The highest BCUT2D eigenvalue weighted by Crippen LogP contribution is 2.11. The zero-order valence-corrected chi connectivity index (χ0v) is 10.2. The molecule has 0 saturated heterocycles. The van der Waals surface area contributed by atoms with Gasteiger partial charge in [-0.05, 0) is 11.5 Å². The Kier molecular flexibility index (Phi) is 5.22. The Balaban J connectivity index is 2.46. The molecule has 1 atom stereocenters. The van der Waals surface area contributed by atoms with E-state index in [9.17, 15) is 4.79 Å². The van der Waals surface area contributed by atoms with Gasteiger partial charge in [0, 0.05) is 6.42 Å². The minimum Gasteiger partial charge on any atom is -0.455 e. The monoisotopic (exact) mass is 231 g/mol. The van der Waals surface area contributed by atoms with Gasteiger partial charge in [0.05, 0.1) is 0 Å². The Hall–Kier alpha value is -1.82. The first kappa shape index (κ1) is 13.2. The van der Waals surface area contributed by atoms with Crippen LogP contribution in [-0.4, -0.2) is 12.0 Å². The second-order valence-corrected chi connectivity index (χ2v) is 4.37. The van der Waals surface area contributed by atoms with Crippen molar-refractivity contribution < 1.29 is 9.53 Å². The fourth-order valence-corrected chi connectivity index (χ4v) is 1.47. The first-order valence-electron chi connectivity index (χ1n) is 5.70. The zero-order chi connectivity index (χ0) is 12.7. The van der Waals surface area contributed by atoms with E-state index in [-0.39, 0.29) is 6.61 Å². The van der Waals surface area contributed by atoms with Crippen LogP contribution in [0.5, 0.6) is 0 Å². The molecule has 1 rings (SSSR count). The van der Waals surface area contributed by atoms with E-state index in [1.54, 1.807) is 0 Å². The number of hydrogen-bond donors (Lipinski definition) is 0. The van der Waals surface area contributed by atoms with Crippen LogP contribution in [0.25, 0.3) is 4.85 Å². The molecule has 0 radical (unpaired) electrons. The Labute approximate surface area is 102 Å². The van der Waals surface area contributed by atoms with Crippen molar-refractivity contribution in [1.82, 2.24) is 0 Å². The molecule has 90 valence electrons. The Morgan fingerprint density at radius 1 is 1.35 bits per heavy atom. The second-order valence-electron chi connectivity index (χ2n) is 4.37. The van der Waals surface area contributed by atoms with Gasteiger partial charge in [-0.15, -0.1) is 0 Å². The van der Waals surface area contributed by atoms with Crippen molar-refractivity contribution >= 4 is 5.97 Å². The molecule has 17 heavy (non-hydrogen) atoms. The van der Waals surface area contributed by atoms with Crippen LogP contribution in [-0.2, 0) is 16.1 Å². The van der Waals surface area contributed by atoms with E-state index < -0.39 is 12.0 Å². The van der Waals surface area contributed by atoms with E-state index in [4.69, 9.17) is 11.3 Å². The zero-order valence-electron chi connectivity index (χ0n) is 10.2. The molecular formula is C14H17NO2. The Morgan fingerprint density at radius 3 is 2.53 bits per heavy atom. The molecule has 0 spiro atoms. The number of hydrogen-bond acceptors (Lipinski definition) is 2. The summed E-state index contributed by atoms with van der Waals surface area (Å²) in [5, 5.41) is 0. The van der Waals surface area contributed by atoms with Crippen LogP contribution >= 0.6 is 0 Å². The molecular weight excluding hydrogens is 214 g/mol. The third-order valence-electron chi connectivity index (χ3n) is 2.35. The fraction of sp³-hybridized carbons (Fsp3) is 0.429. The van der Waals surface area contributed by atoms with E-state index in [1.807, 2.05) is 44.2 Å². The maximum Gasteiger partial charge on any atom is 0.390 e. The van der Waals surface area contributed by atoms with E-state index in [2.05, 4.69) is 4.85 Å². The van der Waals surface area contributed by atoms with Crippen molar-refractivity contribution in [3.63, 3.8) is 0 Å². The van der Waals surface area contributed by atoms with E-state index >= 15 is 0 Å². The lowest BCUT2D eigenvalue weighted by molar-refractivity contribution is -0.145. The SMILES string of the molecule is [C-]#[N+]C(CC(C)C)C(=O)OCc1ccccc1. The van der Waals surface area contributed by atoms with Crippen molar-refractivity contribution in [2.75, 3.05) is 0 Å². The normalized spacial score (nSPS) is 11.9. The average Bonchev–Trinajstić information content (AvgIpc) is 2.34. The van der Waals surface area contributed by atoms with Gasteiger partial charge in [-0.1, -0.05) is 44.2 Å². The van der Waals surface area contributed by atoms with Gasteiger partial charge in [0.1, 0.15) is 6.61 Å². The highest BCUT2D eigenvalue weighted by Gasteiger charge is 2.26. The Morgan fingerprint density at radius 2 is 2.00 bits per heavy atom. The molecule has 1 aromatic rings. The maximum atomic E-state index is 11.6. The van der Waals surface area contributed by atoms with Crippen molar-refractivity contribution in [3.8, 4) is 0 Å². The lowest BCUT2D eigenvalue weighted by Crippen LogP contribution is -2.21. The van der Waals surface area contributed by atoms with Gasteiger partial charge < -0.3 is 9.58 Å². The van der Waals surface area contributed by atoms with Crippen molar-refractivity contribution in [2.24, 2.45) is 5.92 Å². The molecule has 1 aromatic carbocycles. The molecule has 3 heteroatoms. The summed E-state index contributed by atoms with van der Waals surface area (Å²) < 4.78 is 5.13. The molecule has 3 nitrogen and oxygen atoms in total. The first-order chi connectivity index (χ1) is 8.13. The molecule has 0 aromatic heterocycles.